The predicted octanol–water partition coefficient (Wildman–Crippen LogP) is 1.89. The summed E-state index contributed by atoms with van der Waals surface area (Å²) >= 11 is 0. The number of hydrogen-bond donors (Lipinski definition) is 3. The van der Waals surface area contributed by atoms with Gasteiger partial charge in [-0.1, -0.05) is 20.8 Å². The molecule has 1 amide bonds. The van der Waals surface area contributed by atoms with Gasteiger partial charge in [0.1, 0.15) is 0 Å². The summed E-state index contributed by atoms with van der Waals surface area (Å²) < 4.78 is 0. The van der Waals surface area contributed by atoms with Crippen LogP contribution in [0.15, 0.2) is 0 Å². The van der Waals surface area contributed by atoms with E-state index in [1.807, 2.05) is 13.8 Å². The number of amides is 1. The van der Waals surface area contributed by atoms with Gasteiger partial charge in [0.25, 0.3) is 5.91 Å². The first-order valence-electron chi connectivity index (χ1n) is 6.62. The number of nitrogens with one attached hydrogen (secondary N) is 2. The van der Waals surface area contributed by atoms with Crippen LogP contribution in [0.3, 0.4) is 0 Å². The first kappa shape index (κ1) is 12.9. The number of nitrogens with zero attached hydrogens (tertiary/aromatic N) is 1. The minimum Gasteiger partial charge on any atom is -0.395 e. The second-order valence-electron chi connectivity index (χ2n) is 5.58. The van der Waals surface area contributed by atoms with Crippen LogP contribution in [0.1, 0.15) is 55.7 Å². The fourth-order valence-electron chi connectivity index (χ4n) is 2.15. The average Bonchev–Trinajstić information content (AvgIpc) is 3.09. The zero-order valence-electron chi connectivity index (χ0n) is 11.3. The average molecular weight is 250 g/mol. The van der Waals surface area contributed by atoms with Crippen LogP contribution in [-0.4, -0.2) is 22.6 Å². The number of rotatable bonds is 5. The molecule has 5 nitrogen and oxygen atoms in total. The number of anilines is 1. The normalized spacial score (nSPS) is 16.9. The molecule has 100 valence electrons. The highest BCUT2D eigenvalue weighted by atomic mass is 16.1. The van der Waals surface area contributed by atoms with Crippen molar-refractivity contribution in [3.05, 3.63) is 11.4 Å². The largest absolute Gasteiger partial charge is 0.395 e. The number of carbonyl (C=O) groups is 1. The Balaban J connectivity index is 1.95. The van der Waals surface area contributed by atoms with Crippen molar-refractivity contribution in [2.45, 2.75) is 39.5 Å². The molecular weight excluding hydrogens is 228 g/mol. The van der Waals surface area contributed by atoms with Crippen LogP contribution in [0, 0.1) is 11.8 Å². The van der Waals surface area contributed by atoms with E-state index in [9.17, 15) is 4.79 Å². The molecule has 1 fully saturated rings. The van der Waals surface area contributed by atoms with E-state index in [-0.39, 0.29) is 11.8 Å². The number of aromatic amines is 1. The van der Waals surface area contributed by atoms with Crippen LogP contribution in [0.2, 0.25) is 0 Å². The molecule has 4 N–H and O–H groups in total. The first-order chi connectivity index (χ1) is 8.50. The van der Waals surface area contributed by atoms with Gasteiger partial charge in [0, 0.05) is 6.54 Å². The van der Waals surface area contributed by atoms with Gasteiger partial charge < -0.3 is 11.1 Å². The monoisotopic (exact) mass is 250 g/mol. The van der Waals surface area contributed by atoms with Gasteiger partial charge in [-0.15, -0.1) is 0 Å². The van der Waals surface area contributed by atoms with Gasteiger partial charge in [0.15, 0.2) is 5.69 Å². The fraction of sp³-hybridized carbons (Fsp3) is 0.692. The van der Waals surface area contributed by atoms with Crippen molar-refractivity contribution in [3.63, 3.8) is 0 Å². The Morgan fingerprint density at radius 3 is 2.67 bits per heavy atom. The summed E-state index contributed by atoms with van der Waals surface area (Å²) in [5.41, 5.74) is 7.55. The Kier molecular flexibility index (Phi) is 3.59. The summed E-state index contributed by atoms with van der Waals surface area (Å²) in [7, 11) is 0. The van der Waals surface area contributed by atoms with E-state index in [4.69, 9.17) is 5.73 Å². The van der Waals surface area contributed by atoms with E-state index >= 15 is 0 Å². The molecule has 0 radical (unpaired) electrons. The van der Waals surface area contributed by atoms with E-state index in [2.05, 4.69) is 22.4 Å². The fourth-order valence-corrected chi connectivity index (χ4v) is 2.15. The van der Waals surface area contributed by atoms with E-state index in [0.717, 1.165) is 11.6 Å². The van der Waals surface area contributed by atoms with Crippen LogP contribution in [-0.2, 0) is 0 Å². The third kappa shape index (κ3) is 2.66. The van der Waals surface area contributed by atoms with Crippen molar-refractivity contribution in [1.82, 2.24) is 15.5 Å². The zero-order chi connectivity index (χ0) is 13.3. The maximum absolute atomic E-state index is 12.0. The van der Waals surface area contributed by atoms with Gasteiger partial charge in [0.2, 0.25) is 0 Å². The second kappa shape index (κ2) is 5.00. The molecule has 5 heteroatoms. The Morgan fingerprint density at radius 2 is 2.17 bits per heavy atom. The minimum absolute atomic E-state index is 0.178. The first-order valence-corrected chi connectivity index (χ1v) is 6.62. The van der Waals surface area contributed by atoms with E-state index in [0.29, 0.717) is 23.8 Å². The Hall–Kier alpha value is -1.52. The van der Waals surface area contributed by atoms with Gasteiger partial charge in [-0.2, -0.15) is 5.10 Å². The third-order valence-electron chi connectivity index (χ3n) is 3.64. The van der Waals surface area contributed by atoms with Crippen LogP contribution < -0.4 is 11.1 Å². The maximum Gasteiger partial charge on any atom is 0.273 e. The quantitative estimate of drug-likeness (QED) is 0.746. The molecule has 0 bridgehead atoms. The molecule has 0 spiro atoms. The number of nitrogen functional groups attached to an aromatic ring is 1. The van der Waals surface area contributed by atoms with Crippen molar-refractivity contribution in [1.29, 1.82) is 0 Å². The van der Waals surface area contributed by atoms with Crippen molar-refractivity contribution in [3.8, 4) is 0 Å². The third-order valence-corrected chi connectivity index (χ3v) is 3.64. The summed E-state index contributed by atoms with van der Waals surface area (Å²) in [5.74, 6) is 1.39. The number of H-pyrrole nitrogens is 1. The molecule has 0 aromatic carbocycles. The van der Waals surface area contributed by atoms with Crippen LogP contribution in [0.5, 0.6) is 0 Å². The summed E-state index contributed by atoms with van der Waals surface area (Å²) in [6.07, 6.45) is 2.58. The Bertz CT molecular complexity index is 434. The highest BCUT2D eigenvalue weighted by Gasteiger charge is 2.28. The summed E-state index contributed by atoms with van der Waals surface area (Å²) in [6, 6.07) is 0. The number of hydrogen-bond acceptors (Lipinski definition) is 3. The number of aromatic nitrogens is 2. The molecule has 18 heavy (non-hydrogen) atoms. The lowest BCUT2D eigenvalue weighted by atomic mass is 10.1. The van der Waals surface area contributed by atoms with Crippen LogP contribution >= 0.6 is 0 Å². The molecule has 0 saturated heterocycles. The smallest absolute Gasteiger partial charge is 0.273 e. The number of carbonyl (C=O) groups excluding carboxylic acids is 1. The molecule has 1 atom stereocenters. The molecule has 1 aromatic rings. The summed E-state index contributed by atoms with van der Waals surface area (Å²) in [4.78, 5) is 12.0. The van der Waals surface area contributed by atoms with Gasteiger partial charge in [-0.05, 0) is 30.6 Å². The maximum atomic E-state index is 12.0. The molecular formula is C13H22N4O. The van der Waals surface area contributed by atoms with E-state index in [1.165, 1.54) is 12.8 Å². The van der Waals surface area contributed by atoms with Gasteiger partial charge in [0.05, 0.1) is 11.4 Å². The van der Waals surface area contributed by atoms with Crippen molar-refractivity contribution < 1.29 is 4.79 Å². The predicted molar refractivity (Wildman–Crippen MR) is 71.3 cm³/mol. The summed E-state index contributed by atoms with van der Waals surface area (Å²) in [6.45, 7) is 6.90. The topological polar surface area (TPSA) is 83.8 Å². The molecule has 1 aromatic heterocycles. The Labute approximate surface area is 108 Å². The van der Waals surface area contributed by atoms with Crippen molar-refractivity contribution in [2.24, 2.45) is 11.8 Å². The Morgan fingerprint density at radius 1 is 1.50 bits per heavy atom. The minimum atomic E-state index is -0.178. The lowest BCUT2D eigenvalue weighted by molar-refractivity contribution is 0.0942. The molecule has 1 unspecified atom stereocenters. The van der Waals surface area contributed by atoms with E-state index < -0.39 is 0 Å². The van der Waals surface area contributed by atoms with Gasteiger partial charge >= 0.3 is 0 Å². The van der Waals surface area contributed by atoms with Crippen LogP contribution in [0.4, 0.5) is 5.69 Å². The highest BCUT2D eigenvalue weighted by Crippen LogP contribution is 2.36. The molecule has 2 rings (SSSR count). The highest BCUT2D eigenvalue weighted by molar-refractivity contribution is 5.97. The standard InChI is InChI=1S/C13H22N4O/c1-7(2)11-10(14)12(17-16-11)13(18)15-6-8(3)9-4-5-9/h7-9H,4-6,14H2,1-3H3,(H,15,18)(H,16,17). The van der Waals surface area contributed by atoms with Crippen molar-refractivity contribution >= 4 is 11.6 Å². The molecule has 1 aliphatic rings. The molecule has 1 aliphatic carbocycles. The molecule has 1 saturated carbocycles. The second-order valence-corrected chi connectivity index (χ2v) is 5.58. The summed E-state index contributed by atoms with van der Waals surface area (Å²) in [5, 5.41) is 9.77. The van der Waals surface area contributed by atoms with Gasteiger partial charge in [-0.3, -0.25) is 9.89 Å². The molecule has 1 heterocycles. The lowest BCUT2D eigenvalue weighted by Gasteiger charge is -2.10. The van der Waals surface area contributed by atoms with Crippen LogP contribution in [0.25, 0.3) is 0 Å². The molecule has 0 aliphatic heterocycles. The lowest BCUT2D eigenvalue weighted by Crippen LogP contribution is -2.29. The SMILES string of the molecule is CC(C)c1[nH]nc(C(=O)NCC(C)C2CC2)c1N. The number of nitrogens with two attached hydrogens (primary N) is 1. The van der Waals surface area contributed by atoms with E-state index in [1.54, 1.807) is 0 Å². The zero-order valence-corrected chi connectivity index (χ0v) is 11.3. The van der Waals surface area contributed by atoms with Gasteiger partial charge in [-0.25, -0.2) is 0 Å². The van der Waals surface area contributed by atoms with Crippen molar-refractivity contribution in [2.75, 3.05) is 12.3 Å².